The summed E-state index contributed by atoms with van der Waals surface area (Å²) in [5.74, 6) is 0.458. The minimum Gasteiger partial charge on any atom is -0.491 e. The second-order valence-electron chi connectivity index (χ2n) is 11.3. The lowest BCUT2D eigenvalue weighted by molar-refractivity contribution is -0.145. The molecule has 0 heterocycles. The molecule has 0 spiro atoms. The summed E-state index contributed by atoms with van der Waals surface area (Å²) in [6, 6.07) is 7.17. The van der Waals surface area contributed by atoms with Crippen LogP contribution >= 0.6 is 0 Å². The number of esters is 1. The molecule has 0 fully saturated rings. The van der Waals surface area contributed by atoms with Crippen LogP contribution in [0.3, 0.4) is 0 Å². The average Bonchev–Trinajstić information content (AvgIpc) is 3.12. The van der Waals surface area contributed by atoms with Gasteiger partial charge in [0.15, 0.2) is 0 Å². The summed E-state index contributed by atoms with van der Waals surface area (Å²) in [5.41, 5.74) is 0.730. The van der Waals surface area contributed by atoms with Gasteiger partial charge in [0.1, 0.15) is 19.0 Å². The number of amides is 1. The molecule has 1 aromatic carbocycles. The van der Waals surface area contributed by atoms with Crippen molar-refractivity contribution in [2.24, 2.45) is 0 Å². The zero-order valence-electron chi connectivity index (χ0n) is 31.2. The molecule has 1 aromatic rings. The van der Waals surface area contributed by atoms with Crippen molar-refractivity contribution in [1.82, 2.24) is 0 Å². The monoisotopic (exact) mass is 731 g/mol. The average molecular weight is 732 g/mol. The summed E-state index contributed by atoms with van der Waals surface area (Å²) in [6.45, 7) is 12.9. The Morgan fingerprint density at radius 1 is 0.471 bits per heavy atom. The Balaban J connectivity index is 1.67. The smallest absolute Gasteiger partial charge is 0.305 e. The number of carbonyl (C=O) groups excluding carboxylic acids is 2. The number of rotatable bonds is 39. The molecule has 0 saturated heterocycles. The molecule has 14 nitrogen and oxygen atoms in total. The largest absolute Gasteiger partial charge is 0.491 e. The maximum atomic E-state index is 11.7. The lowest BCUT2D eigenvalue weighted by atomic mass is 10.1. The molecular weight excluding hydrogens is 666 g/mol. The van der Waals surface area contributed by atoms with Gasteiger partial charge in [0.25, 0.3) is 0 Å². The fourth-order valence-corrected chi connectivity index (χ4v) is 4.25. The van der Waals surface area contributed by atoms with E-state index in [0.29, 0.717) is 138 Å². The molecule has 51 heavy (non-hydrogen) atoms. The minimum absolute atomic E-state index is 0.110. The number of unbranched alkanes of at least 4 members (excludes halogenated alkanes) is 5. The number of nitrogens with one attached hydrogen (secondary N) is 1. The van der Waals surface area contributed by atoms with Crippen LogP contribution in [0.1, 0.15) is 58.8 Å². The van der Waals surface area contributed by atoms with Crippen molar-refractivity contribution in [3.8, 4) is 5.75 Å². The number of carbonyl (C=O) groups is 2. The standard InChI is InChI=1S/C37H65NO13/c1-3-4-5-6-7-8-9-37(40)51-33-31-49-29-27-47-25-23-45-21-19-43-17-15-41-14-16-42-18-20-44-22-24-46-26-28-48-30-32-50-36-12-10-35(11-13-36)38-34(2)39/h10-13H,3-9,14-33H2,1-2H3,(H,38,39). The lowest BCUT2D eigenvalue weighted by Crippen LogP contribution is -2.15. The van der Waals surface area contributed by atoms with Gasteiger partial charge in [-0.15, -0.1) is 0 Å². The fraction of sp³-hybridized carbons (Fsp3) is 0.784. The molecule has 0 radical (unpaired) electrons. The first kappa shape index (κ1) is 46.6. The fourth-order valence-electron chi connectivity index (χ4n) is 4.25. The molecule has 1 rings (SSSR count). The summed E-state index contributed by atoms with van der Waals surface area (Å²) in [7, 11) is 0. The SMILES string of the molecule is CCCCCCCCC(=O)OCCOCCOCCOCCOCCOCCOCCOCCOCCOCCOc1ccc(NC(C)=O)cc1. The van der Waals surface area contributed by atoms with Gasteiger partial charge in [-0.05, 0) is 30.7 Å². The summed E-state index contributed by atoms with van der Waals surface area (Å²) in [5, 5.41) is 2.71. The highest BCUT2D eigenvalue weighted by Crippen LogP contribution is 2.15. The molecule has 14 heteroatoms. The Kier molecular flexibility index (Phi) is 34.2. The molecule has 0 unspecified atom stereocenters. The van der Waals surface area contributed by atoms with Gasteiger partial charge in [-0.3, -0.25) is 9.59 Å². The van der Waals surface area contributed by atoms with Gasteiger partial charge in [-0.25, -0.2) is 0 Å². The number of benzene rings is 1. The van der Waals surface area contributed by atoms with Gasteiger partial charge < -0.3 is 57.4 Å². The first-order valence-corrected chi connectivity index (χ1v) is 18.5. The van der Waals surface area contributed by atoms with E-state index in [2.05, 4.69) is 12.2 Å². The van der Waals surface area contributed by atoms with Crippen molar-refractivity contribution in [3.05, 3.63) is 24.3 Å². The zero-order chi connectivity index (χ0) is 36.7. The van der Waals surface area contributed by atoms with Gasteiger partial charge >= 0.3 is 5.97 Å². The molecule has 0 aliphatic carbocycles. The van der Waals surface area contributed by atoms with E-state index >= 15 is 0 Å². The second kappa shape index (κ2) is 37.4. The highest BCUT2D eigenvalue weighted by atomic mass is 16.6. The molecule has 0 aliphatic heterocycles. The number of anilines is 1. The van der Waals surface area contributed by atoms with Crippen LogP contribution < -0.4 is 10.1 Å². The van der Waals surface area contributed by atoms with Gasteiger partial charge in [-0.2, -0.15) is 0 Å². The van der Waals surface area contributed by atoms with Crippen molar-refractivity contribution >= 4 is 17.6 Å². The van der Waals surface area contributed by atoms with Gasteiger partial charge in [-0.1, -0.05) is 39.0 Å². The van der Waals surface area contributed by atoms with E-state index < -0.39 is 0 Å². The van der Waals surface area contributed by atoms with Crippen molar-refractivity contribution in [3.63, 3.8) is 0 Å². The number of hydrogen-bond acceptors (Lipinski definition) is 13. The topological polar surface area (TPSA) is 148 Å². The molecule has 0 saturated carbocycles. The normalized spacial score (nSPS) is 11.2. The van der Waals surface area contributed by atoms with Crippen molar-refractivity contribution in [2.75, 3.05) is 137 Å². The van der Waals surface area contributed by atoms with Gasteiger partial charge in [0.2, 0.25) is 5.91 Å². The van der Waals surface area contributed by atoms with Crippen LogP contribution in [-0.2, 0) is 57.0 Å². The third-order valence-corrected chi connectivity index (χ3v) is 6.87. The third kappa shape index (κ3) is 34.5. The van der Waals surface area contributed by atoms with Gasteiger partial charge in [0.05, 0.1) is 119 Å². The third-order valence-electron chi connectivity index (χ3n) is 6.87. The van der Waals surface area contributed by atoms with E-state index in [1.807, 2.05) is 0 Å². The summed E-state index contributed by atoms with van der Waals surface area (Å²) >= 11 is 0. The Morgan fingerprint density at radius 2 is 0.824 bits per heavy atom. The number of hydrogen-bond donors (Lipinski definition) is 1. The van der Waals surface area contributed by atoms with Crippen LogP contribution in [0.5, 0.6) is 5.75 Å². The molecule has 0 aliphatic rings. The maximum absolute atomic E-state index is 11.7. The molecule has 296 valence electrons. The predicted octanol–water partition coefficient (Wildman–Crippen LogP) is 4.47. The first-order valence-electron chi connectivity index (χ1n) is 18.5. The molecule has 1 N–H and O–H groups in total. The van der Waals surface area contributed by atoms with E-state index in [1.165, 1.54) is 32.6 Å². The van der Waals surface area contributed by atoms with Crippen LogP contribution in [-0.4, -0.2) is 144 Å². The van der Waals surface area contributed by atoms with E-state index in [-0.39, 0.29) is 18.5 Å². The van der Waals surface area contributed by atoms with E-state index in [4.69, 9.17) is 52.1 Å². The van der Waals surface area contributed by atoms with E-state index in [9.17, 15) is 9.59 Å². The zero-order valence-corrected chi connectivity index (χ0v) is 31.2. The van der Waals surface area contributed by atoms with Gasteiger partial charge in [0, 0.05) is 19.0 Å². The van der Waals surface area contributed by atoms with E-state index in [1.54, 1.807) is 24.3 Å². The lowest BCUT2D eigenvalue weighted by Gasteiger charge is -2.09. The highest BCUT2D eigenvalue weighted by Gasteiger charge is 2.03. The van der Waals surface area contributed by atoms with Crippen molar-refractivity contribution in [1.29, 1.82) is 0 Å². The van der Waals surface area contributed by atoms with Crippen LogP contribution in [0.2, 0.25) is 0 Å². The summed E-state index contributed by atoms with van der Waals surface area (Å²) in [4.78, 5) is 22.7. The Hall–Kier alpha value is -2.40. The van der Waals surface area contributed by atoms with Crippen molar-refractivity contribution in [2.45, 2.75) is 58.8 Å². The summed E-state index contributed by atoms with van der Waals surface area (Å²) in [6.07, 6.45) is 7.40. The molecular formula is C37H65NO13. The first-order chi connectivity index (χ1) is 25.1. The molecule has 0 aromatic heterocycles. The van der Waals surface area contributed by atoms with E-state index in [0.717, 1.165) is 18.5 Å². The number of ether oxygens (including phenoxy) is 11. The Labute approximate surface area is 305 Å². The van der Waals surface area contributed by atoms with Crippen LogP contribution in [0.15, 0.2) is 24.3 Å². The molecule has 1 amide bonds. The van der Waals surface area contributed by atoms with Crippen LogP contribution in [0, 0.1) is 0 Å². The Bertz CT molecular complexity index is 907. The summed E-state index contributed by atoms with van der Waals surface area (Å²) < 4.78 is 60.1. The maximum Gasteiger partial charge on any atom is 0.305 e. The molecule has 0 atom stereocenters. The second-order valence-corrected chi connectivity index (χ2v) is 11.3. The van der Waals surface area contributed by atoms with Crippen LogP contribution in [0.25, 0.3) is 0 Å². The predicted molar refractivity (Wildman–Crippen MR) is 193 cm³/mol. The van der Waals surface area contributed by atoms with Crippen molar-refractivity contribution < 1.29 is 61.7 Å². The quantitative estimate of drug-likeness (QED) is 0.0751. The van der Waals surface area contributed by atoms with Crippen LogP contribution in [0.4, 0.5) is 5.69 Å². The Morgan fingerprint density at radius 3 is 1.22 bits per heavy atom. The molecule has 0 bridgehead atoms. The minimum atomic E-state index is -0.147. The highest BCUT2D eigenvalue weighted by molar-refractivity contribution is 5.88.